The molecule has 0 atom stereocenters. The molecule has 0 radical (unpaired) electrons. The van der Waals surface area contributed by atoms with Crippen molar-refractivity contribution in [2.24, 2.45) is 10.2 Å². The molecule has 0 aliphatic heterocycles. The van der Waals surface area contributed by atoms with Gasteiger partial charge in [-0.15, -0.1) is 5.10 Å². The first kappa shape index (κ1) is 19.8. The van der Waals surface area contributed by atoms with Crippen LogP contribution in [-0.4, -0.2) is 21.3 Å². The molecule has 7 heteroatoms. The van der Waals surface area contributed by atoms with Crippen molar-refractivity contribution in [3.63, 3.8) is 0 Å². The van der Waals surface area contributed by atoms with Gasteiger partial charge in [-0.2, -0.15) is 10.2 Å². The van der Waals surface area contributed by atoms with Crippen molar-refractivity contribution in [1.82, 2.24) is 9.78 Å². The fourth-order valence-electron chi connectivity index (χ4n) is 3.23. The largest absolute Gasteiger partial charge is 0.452 e. The summed E-state index contributed by atoms with van der Waals surface area (Å²) in [6, 6.07) is 28.6. The molecule has 0 saturated carbocycles. The number of hydrogen-bond acceptors (Lipinski definition) is 6. The Morgan fingerprint density at radius 2 is 1.62 bits per heavy atom. The van der Waals surface area contributed by atoms with Gasteiger partial charge in [-0.25, -0.2) is 4.68 Å². The summed E-state index contributed by atoms with van der Waals surface area (Å²) in [7, 11) is 0. The summed E-state index contributed by atoms with van der Waals surface area (Å²) in [5.74, 6) is -0.0447. The highest BCUT2D eigenvalue weighted by Crippen LogP contribution is 2.21. The maximum absolute atomic E-state index is 13.1. The summed E-state index contributed by atoms with van der Waals surface area (Å²) in [5.41, 5.74) is 3.20. The highest BCUT2D eigenvalue weighted by Gasteiger charge is 2.20. The molecule has 2 aromatic heterocycles. The van der Waals surface area contributed by atoms with Crippen LogP contribution in [0.1, 0.15) is 28.0 Å². The van der Waals surface area contributed by atoms with Gasteiger partial charge in [0, 0.05) is 5.39 Å². The van der Waals surface area contributed by atoms with Gasteiger partial charge in [-0.3, -0.25) is 4.79 Å². The number of fused-ring (bicyclic) bond motifs is 1. The summed E-state index contributed by atoms with van der Waals surface area (Å²) >= 11 is 1.17. The zero-order valence-corrected chi connectivity index (χ0v) is 18.0. The van der Waals surface area contributed by atoms with E-state index in [9.17, 15) is 4.79 Å². The Morgan fingerprint density at radius 3 is 2.38 bits per heavy atom. The van der Waals surface area contributed by atoms with Gasteiger partial charge in [0.1, 0.15) is 5.58 Å². The fourth-order valence-corrected chi connectivity index (χ4v) is 4.03. The number of benzene rings is 3. The second kappa shape index (κ2) is 8.56. The molecular formula is C25H18N4O2S. The van der Waals surface area contributed by atoms with Crippen molar-refractivity contribution in [2.45, 2.75) is 6.92 Å². The Hall–Kier alpha value is -4.10. The van der Waals surface area contributed by atoms with Crippen LogP contribution >= 0.6 is 11.3 Å². The zero-order chi connectivity index (χ0) is 21.9. The first-order chi connectivity index (χ1) is 15.7. The number of para-hydroxylation sites is 2. The van der Waals surface area contributed by atoms with Gasteiger partial charge >= 0.3 is 0 Å². The Morgan fingerprint density at radius 1 is 0.938 bits per heavy atom. The fraction of sp³-hybridized carbons (Fsp3) is 0.0400. The van der Waals surface area contributed by atoms with Crippen LogP contribution in [0.25, 0.3) is 16.7 Å². The van der Waals surface area contributed by atoms with Crippen molar-refractivity contribution in [2.75, 3.05) is 0 Å². The minimum Gasteiger partial charge on any atom is -0.452 e. The van der Waals surface area contributed by atoms with Gasteiger partial charge in [0.05, 0.1) is 11.4 Å². The molecule has 5 aromatic rings. The van der Waals surface area contributed by atoms with Gasteiger partial charge in [-0.1, -0.05) is 78.1 Å². The molecule has 0 spiro atoms. The van der Waals surface area contributed by atoms with Gasteiger partial charge in [0.25, 0.3) is 5.78 Å². The van der Waals surface area contributed by atoms with E-state index in [0.29, 0.717) is 10.4 Å². The second-order valence-electron chi connectivity index (χ2n) is 7.07. The average Bonchev–Trinajstić information content (AvgIpc) is 3.48. The minimum absolute atomic E-state index is 0.246. The number of rotatable bonds is 5. The molecular weight excluding hydrogens is 420 g/mol. The molecule has 2 heterocycles. The highest BCUT2D eigenvalue weighted by molar-refractivity contribution is 7.11. The summed E-state index contributed by atoms with van der Waals surface area (Å²) in [6.45, 7) is 1.90. The maximum atomic E-state index is 13.1. The molecule has 5 rings (SSSR count). The molecule has 3 aromatic carbocycles. The molecule has 156 valence electrons. The first-order valence-corrected chi connectivity index (χ1v) is 10.8. The Labute approximate surface area is 187 Å². The van der Waals surface area contributed by atoms with E-state index in [-0.39, 0.29) is 16.6 Å². The van der Waals surface area contributed by atoms with Crippen molar-refractivity contribution in [3.8, 4) is 5.69 Å². The Kier molecular flexibility index (Phi) is 5.31. The van der Waals surface area contributed by atoms with Crippen LogP contribution in [0.2, 0.25) is 0 Å². The second-order valence-corrected chi connectivity index (χ2v) is 8.02. The van der Waals surface area contributed by atoms with Crippen molar-refractivity contribution < 1.29 is 9.21 Å². The molecule has 32 heavy (non-hydrogen) atoms. The third-order valence-electron chi connectivity index (χ3n) is 4.88. The third-order valence-corrected chi connectivity index (χ3v) is 5.78. The van der Waals surface area contributed by atoms with E-state index in [0.717, 1.165) is 22.3 Å². The van der Waals surface area contributed by atoms with Crippen LogP contribution < -0.4 is 4.80 Å². The smallest absolute Gasteiger partial charge is 0.258 e. The number of hydrogen-bond donors (Lipinski definition) is 0. The average molecular weight is 439 g/mol. The highest BCUT2D eigenvalue weighted by atomic mass is 32.1. The van der Waals surface area contributed by atoms with E-state index in [1.165, 1.54) is 11.3 Å². The van der Waals surface area contributed by atoms with Crippen LogP contribution in [0.3, 0.4) is 0 Å². The lowest BCUT2D eigenvalue weighted by molar-refractivity contribution is 0.101. The van der Waals surface area contributed by atoms with Gasteiger partial charge in [0.15, 0.2) is 10.8 Å². The van der Waals surface area contributed by atoms with Crippen LogP contribution in [0, 0.1) is 0 Å². The lowest BCUT2D eigenvalue weighted by Crippen LogP contribution is -2.14. The summed E-state index contributed by atoms with van der Waals surface area (Å²) in [5, 5.41) is 14.5. The summed E-state index contributed by atoms with van der Waals surface area (Å²) in [6.07, 6.45) is 0. The van der Waals surface area contributed by atoms with Crippen LogP contribution in [0.5, 0.6) is 0 Å². The van der Waals surface area contributed by atoms with E-state index in [1.54, 1.807) is 10.7 Å². The molecule has 0 N–H and O–H groups in total. The minimum atomic E-state index is -0.291. The lowest BCUT2D eigenvalue weighted by atomic mass is 10.1. The van der Waals surface area contributed by atoms with Crippen molar-refractivity contribution in [3.05, 3.63) is 112 Å². The number of ketones is 1. The van der Waals surface area contributed by atoms with Crippen LogP contribution in [0.4, 0.5) is 0 Å². The van der Waals surface area contributed by atoms with E-state index in [1.807, 2.05) is 91.9 Å². The first-order valence-electron chi connectivity index (χ1n) is 10.0. The zero-order valence-electron chi connectivity index (χ0n) is 17.2. The van der Waals surface area contributed by atoms with Crippen LogP contribution in [0.15, 0.2) is 106 Å². The number of carbonyl (C=O) groups is 1. The number of nitrogens with zero attached hydrogens (tertiary/aromatic N) is 4. The van der Waals surface area contributed by atoms with Gasteiger partial charge in [-0.05, 0) is 36.8 Å². The van der Waals surface area contributed by atoms with E-state index >= 15 is 0 Å². The van der Waals surface area contributed by atoms with E-state index in [4.69, 9.17) is 4.42 Å². The predicted octanol–water partition coefficient (Wildman–Crippen LogP) is 5.24. The van der Waals surface area contributed by atoms with Crippen molar-refractivity contribution >= 4 is 33.8 Å². The molecule has 0 saturated heterocycles. The molecule has 0 amide bonds. The maximum Gasteiger partial charge on any atom is 0.258 e. The molecule has 0 aliphatic carbocycles. The lowest BCUT2D eigenvalue weighted by Gasteiger charge is -1.99. The van der Waals surface area contributed by atoms with E-state index < -0.39 is 0 Å². The van der Waals surface area contributed by atoms with Crippen LogP contribution in [-0.2, 0) is 0 Å². The molecule has 0 fully saturated rings. The Bertz CT molecular complexity index is 1460. The van der Waals surface area contributed by atoms with Gasteiger partial charge in [0.2, 0.25) is 4.80 Å². The number of aromatic nitrogens is 2. The molecule has 0 aliphatic rings. The summed E-state index contributed by atoms with van der Waals surface area (Å²) < 4.78 is 7.37. The predicted molar refractivity (Wildman–Crippen MR) is 125 cm³/mol. The topological polar surface area (TPSA) is 72.8 Å². The van der Waals surface area contributed by atoms with E-state index in [2.05, 4.69) is 15.3 Å². The quantitative estimate of drug-likeness (QED) is 0.214. The van der Waals surface area contributed by atoms with Crippen molar-refractivity contribution in [1.29, 1.82) is 0 Å². The number of furan rings is 1. The third kappa shape index (κ3) is 3.93. The Balaban J connectivity index is 1.59. The SMILES string of the molecule is C/C(=N\N=c1\sc(C(=O)c2cc3ccccc3o2)nn1-c1ccccc1)c1ccccc1. The molecule has 6 nitrogen and oxygen atoms in total. The number of carbonyl (C=O) groups excluding carboxylic acids is 1. The molecule has 0 unspecified atom stereocenters. The standard InChI is InChI=1S/C25H18N4O2S/c1-17(18-10-4-2-5-11-18)26-27-25-29(20-13-6-3-7-14-20)28-24(32-25)23(30)22-16-19-12-8-9-15-21(19)31-22/h2-16H,1H3/b26-17+,27-25+. The summed E-state index contributed by atoms with van der Waals surface area (Å²) in [4.78, 5) is 13.6. The van der Waals surface area contributed by atoms with Gasteiger partial charge < -0.3 is 4.42 Å². The normalized spacial score (nSPS) is 12.4. The monoisotopic (exact) mass is 438 g/mol. The molecule has 0 bridgehead atoms.